The molecule has 1 aromatic carbocycles. The van der Waals surface area contributed by atoms with Crippen molar-refractivity contribution in [1.82, 2.24) is 0 Å². The van der Waals surface area contributed by atoms with Crippen molar-refractivity contribution in [2.75, 3.05) is 6.61 Å². The maximum absolute atomic E-state index is 10.4. The van der Waals surface area contributed by atoms with Crippen molar-refractivity contribution in [2.45, 2.75) is 6.92 Å². The summed E-state index contributed by atoms with van der Waals surface area (Å²) in [6.07, 6.45) is 1.72. The summed E-state index contributed by atoms with van der Waals surface area (Å²) in [7, 11) is 0. The minimum atomic E-state index is -0.439. The number of hydrogen-bond acceptors (Lipinski definition) is 3. The summed E-state index contributed by atoms with van der Waals surface area (Å²) in [6, 6.07) is 6.28. The lowest BCUT2D eigenvalue weighted by molar-refractivity contribution is -0.384. The van der Waals surface area contributed by atoms with Crippen molar-refractivity contribution in [3.8, 4) is 0 Å². The summed E-state index contributed by atoms with van der Waals surface area (Å²) in [5.74, 6) is 0. The van der Waals surface area contributed by atoms with Crippen molar-refractivity contribution in [1.29, 1.82) is 0 Å². The van der Waals surface area contributed by atoms with Gasteiger partial charge in [0.05, 0.1) is 11.5 Å². The predicted molar refractivity (Wildman–Crippen MR) is 53.8 cm³/mol. The summed E-state index contributed by atoms with van der Waals surface area (Å²) in [5, 5.41) is 19.2. The molecule has 0 unspecified atom stereocenters. The number of aliphatic hydroxyl groups excluding tert-OH is 1. The fourth-order valence-corrected chi connectivity index (χ4v) is 1.06. The Morgan fingerprint density at radius 3 is 2.93 bits per heavy atom. The fourth-order valence-electron chi connectivity index (χ4n) is 1.06. The Morgan fingerprint density at radius 1 is 1.64 bits per heavy atom. The maximum atomic E-state index is 10.4. The van der Waals surface area contributed by atoms with Gasteiger partial charge >= 0.3 is 0 Å². The zero-order valence-corrected chi connectivity index (χ0v) is 7.80. The van der Waals surface area contributed by atoms with Crippen LogP contribution in [0.4, 0.5) is 5.69 Å². The zero-order chi connectivity index (χ0) is 10.6. The van der Waals surface area contributed by atoms with E-state index >= 15 is 0 Å². The first-order chi connectivity index (χ1) is 6.63. The topological polar surface area (TPSA) is 63.4 Å². The Balaban J connectivity index is 3.00. The van der Waals surface area contributed by atoms with E-state index in [1.165, 1.54) is 12.1 Å². The molecule has 0 bridgehead atoms. The van der Waals surface area contributed by atoms with Crippen LogP contribution in [0.5, 0.6) is 0 Å². The molecule has 1 rings (SSSR count). The molecule has 0 saturated carbocycles. The summed E-state index contributed by atoms with van der Waals surface area (Å²) in [4.78, 5) is 10.0. The van der Waals surface area contributed by atoms with Gasteiger partial charge in [0.25, 0.3) is 5.69 Å². The molecule has 0 radical (unpaired) electrons. The smallest absolute Gasteiger partial charge is 0.270 e. The third kappa shape index (κ3) is 2.67. The van der Waals surface area contributed by atoms with Crippen LogP contribution < -0.4 is 0 Å². The molecular weight excluding hydrogens is 182 g/mol. The summed E-state index contributed by atoms with van der Waals surface area (Å²) >= 11 is 0. The number of aliphatic hydroxyl groups is 1. The van der Waals surface area contributed by atoms with E-state index < -0.39 is 4.92 Å². The lowest BCUT2D eigenvalue weighted by Crippen LogP contribution is -1.88. The maximum Gasteiger partial charge on any atom is 0.270 e. The van der Waals surface area contributed by atoms with Crippen LogP contribution in [0.15, 0.2) is 29.8 Å². The second-order valence-corrected chi connectivity index (χ2v) is 3.00. The van der Waals surface area contributed by atoms with Gasteiger partial charge in [-0.3, -0.25) is 10.1 Å². The first-order valence-corrected chi connectivity index (χ1v) is 4.16. The zero-order valence-electron chi connectivity index (χ0n) is 7.80. The minimum Gasteiger partial charge on any atom is -0.392 e. The number of nitro benzene ring substituents is 1. The highest BCUT2D eigenvalue weighted by Crippen LogP contribution is 2.15. The van der Waals surface area contributed by atoms with Crippen LogP contribution >= 0.6 is 0 Å². The number of hydrogen-bond donors (Lipinski definition) is 1. The molecule has 1 N–H and O–H groups in total. The lowest BCUT2D eigenvalue weighted by Gasteiger charge is -1.96. The third-order valence-corrected chi connectivity index (χ3v) is 1.74. The van der Waals surface area contributed by atoms with Crippen LogP contribution in [-0.2, 0) is 0 Å². The van der Waals surface area contributed by atoms with Gasteiger partial charge in [0.1, 0.15) is 0 Å². The standard InChI is InChI=1S/C10H11NO3/c1-8(7-12)5-9-3-2-4-10(6-9)11(13)14/h2-6,12H,7H2,1H3. The van der Waals surface area contributed by atoms with Crippen molar-refractivity contribution < 1.29 is 10.0 Å². The van der Waals surface area contributed by atoms with Gasteiger partial charge in [0.15, 0.2) is 0 Å². The van der Waals surface area contributed by atoms with E-state index in [-0.39, 0.29) is 12.3 Å². The van der Waals surface area contributed by atoms with Gasteiger partial charge in [0.2, 0.25) is 0 Å². The number of nitro groups is 1. The minimum absolute atomic E-state index is 0.0390. The molecule has 0 fully saturated rings. The summed E-state index contributed by atoms with van der Waals surface area (Å²) in [5.41, 5.74) is 1.56. The highest BCUT2D eigenvalue weighted by molar-refractivity contribution is 5.55. The predicted octanol–water partition coefficient (Wildman–Crippen LogP) is 1.99. The van der Waals surface area contributed by atoms with E-state index in [9.17, 15) is 10.1 Å². The SMILES string of the molecule is CC(=Cc1cccc([N+](=O)[O-])c1)CO. The van der Waals surface area contributed by atoms with Crippen LogP contribution in [0.25, 0.3) is 6.08 Å². The largest absolute Gasteiger partial charge is 0.392 e. The molecule has 4 heteroatoms. The Kier molecular flexibility index (Phi) is 3.36. The van der Waals surface area contributed by atoms with E-state index in [4.69, 9.17) is 5.11 Å². The molecule has 1 aromatic rings. The first-order valence-electron chi connectivity index (χ1n) is 4.16. The average Bonchev–Trinajstić information content (AvgIpc) is 2.18. The lowest BCUT2D eigenvalue weighted by atomic mass is 10.1. The first kappa shape index (κ1) is 10.4. The summed E-state index contributed by atoms with van der Waals surface area (Å²) < 4.78 is 0. The fraction of sp³-hybridized carbons (Fsp3) is 0.200. The number of nitrogens with zero attached hydrogens (tertiary/aromatic N) is 1. The molecule has 74 valence electrons. The molecule has 0 heterocycles. The van der Waals surface area contributed by atoms with Crippen LogP contribution in [-0.4, -0.2) is 16.6 Å². The van der Waals surface area contributed by atoms with Gasteiger partial charge in [-0.25, -0.2) is 0 Å². The second-order valence-electron chi connectivity index (χ2n) is 3.00. The number of rotatable bonds is 3. The van der Waals surface area contributed by atoms with Gasteiger partial charge < -0.3 is 5.11 Å². The van der Waals surface area contributed by atoms with Crippen molar-refractivity contribution >= 4 is 11.8 Å². The molecule has 0 saturated heterocycles. The summed E-state index contributed by atoms with van der Waals surface area (Å²) in [6.45, 7) is 1.72. The molecule has 4 nitrogen and oxygen atoms in total. The van der Waals surface area contributed by atoms with E-state index in [1.807, 2.05) is 0 Å². The van der Waals surface area contributed by atoms with Gasteiger partial charge in [-0.1, -0.05) is 18.2 Å². The quantitative estimate of drug-likeness (QED) is 0.589. The number of non-ortho nitro benzene ring substituents is 1. The average molecular weight is 193 g/mol. The van der Waals surface area contributed by atoms with E-state index in [2.05, 4.69) is 0 Å². The molecular formula is C10H11NO3. The molecule has 0 spiro atoms. The second kappa shape index (κ2) is 4.53. The number of benzene rings is 1. The monoisotopic (exact) mass is 193 g/mol. The van der Waals surface area contributed by atoms with Gasteiger partial charge in [-0.05, 0) is 18.1 Å². The van der Waals surface area contributed by atoms with E-state index in [1.54, 1.807) is 25.1 Å². The molecule has 0 amide bonds. The van der Waals surface area contributed by atoms with Crippen molar-refractivity contribution in [2.24, 2.45) is 0 Å². The Bertz CT molecular complexity index is 371. The third-order valence-electron chi connectivity index (χ3n) is 1.74. The van der Waals surface area contributed by atoms with Crippen molar-refractivity contribution in [3.63, 3.8) is 0 Å². The van der Waals surface area contributed by atoms with Gasteiger partial charge in [0, 0.05) is 12.1 Å². The van der Waals surface area contributed by atoms with Crippen molar-refractivity contribution in [3.05, 3.63) is 45.5 Å². The van der Waals surface area contributed by atoms with Crippen LogP contribution in [0.2, 0.25) is 0 Å². The van der Waals surface area contributed by atoms with E-state index in [0.717, 1.165) is 11.1 Å². The van der Waals surface area contributed by atoms with Crippen LogP contribution in [0, 0.1) is 10.1 Å². The van der Waals surface area contributed by atoms with Gasteiger partial charge in [-0.15, -0.1) is 0 Å². The normalized spacial score (nSPS) is 11.4. The molecule has 0 aromatic heterocycles. The van der Waals surface area contributed by atoms with Crippen LogP contribution in [0.3, 0.4) is 0 Å². The highest BCUT2D eigenvalue weighted by Gasteiger charge is 2.03. The highest BCUT2D eigenvalue weighted by atomic mass is 16.6. The van der Waals surface area contributed by atoms with Gasteiger partial charge in [-0.2, -0.15) is 0 Å². The van der Waals surface area contributed by atoms with Crippen LogP contribution in [0.1, 0.15) is 12.5 Å². The molecule has 0 atom stereocenters. The molecule has 0 aliphatic heterocycles. The van der Waals surface area contributed by atoms with E-state index in [0.29, 0.717) is 0 Å². The Morgan fingerprint density at radius 2 is 2.36 bits per heavy atom. The Labute approximate surface area is 81.6 Å². The molecule has 0 aliphatic rings. The Hall–Kier alpha value is -1.68. The molecule has 14 heavy (non-hydrogen) atoms. The molecule has 0 aliphatic carbocycles.